The van der Waals surface area contributed by atoms with E-state index < -0.39 is 0 Å². The monoisotopic (exact) mass is 407 g/mol. The number of benzene rings is 2. The number of hydrogen-bond donors (Lipinski definition) is 1. The molecule has 2 heterocycles. The summed E-state index contributed by atoms with van der Waals surface area (Å²) in [6.07, 6.45) is 1.62. The average molecular weight is 407 g/mol. The predicted molar refractivity (Wildman–Crippen MR) is 110 cm³/mol. The SMILES string of the molecule is COc1ccc(NC=C(C#N)c2nc(-c3ccc4c(c3)OCO4)cs2)c(OC)c1. The van der Waals surface area contributed by atoms with Gasteiger partial charge in [-0.15, -0.1) is 11.3 Å². The molecule has 0 spiro atoms. The van der Waals surface area contributed by atoms with Gasteiger partial charge in [0.15, 0.2) is 11.5 Å². The van der Waals surface area contributed by atoms with Crippen molar-refractivity contribution in [3.05, 3.63) is 53.0 Å². The Labute approximate surface area is 171 Å². The molecule has 1 aliphatic rings. The van der Waals surface area contributed by atoms with E-state index in [-0.39, 0.29) is 6.79 Å². The van der Waals surface area contributed by atoms with Gasteiger partial charge in [0.05, 0.1) is 25.6 Å². The number of methoxy groups -OCH3 is 2. The highest BCUT2D eigenvalue weighted by atomic mass is 32.1. The fourth-order valence-electron chi connectivity index (χ4n) is 2.80. The van der Waals surface area contributed by atoms with E-state index in [1.165, 1.54) is 11.3 Å². The summed E-state index contributed by atoms with van der Waals surface area (Å²) in [4.78, 5) is 4.60. The zero-order chi connectivity index (χ0) is 20.2. The Morgan fingerprint density at radius 3 is 2.83 bits per heavy atom. The Hall–Kier alpha value is -3.70. The Balaban J connectivity index is 1.57. The van der Waals surface area contributed by atoms with E-state index in [2.05, 4.69) is 16.4 Å². The van der Waals surface area contributed by atoms with Crippen LogP contribution in [0, 0.1) is 11.3 Å². The van der Waals surface area contributed by atoms with E-state index in [0.29, 0.717) is 33.5 Å². The van der Waals surface area contributed by atoms with Crippen LogP contribution in [0.3, 0.4) is 0 Å². The van der Waals surface area contributed by atoms with Crippen LogP contribution in [0.5, 0.6) is 23.0 Å². The van der Waals surface area contributed by atoms with Gasteiger partial charge in [-0.2, -0.15) is 5.26 Å². The smallest absolute Gasteiger partial charge is 0.231 e. The summed E-state index contributed by atoms with van der Waals surface area (Å²) < 4.78 is 21.3. The number of thiazole rings is 1. The molecule has 1 aliphatic heterocycles. The predicted octanol–water partition coefficient (Wildman–Crippen LogP) is 4.53. The van der Waals surface area contributed by atoms with E-state index >= 15 is 0 Å². The highest BCUT2D eigenvalue weighted by Gasteiger charge is 2.16. The Kier molecular flexibility index (Phi) is 5.22. The van der Waals surface area contributed by atoms with Crippen molar-refractivity contribution >= 4 is 22.6 Å². The van der Waals surface area contributed by atoms with Crippen molar-refractivity contribution < 1.29 is 18.9 Å². The van der Waals surface area contributed by atoms with Gasteiger partial charge in [0.2, 0.25) is 6.79 Å². The number of anilines is 1. The van der Waals surface area contributed by atoms with Gasteiger partial charge in [0.1, 0.15) is 28.1 Å². The Bertz CT molecular complexity index is 1120. The molecule has 1 aromatic heterocycles. The number of nitrogens with one attached hydrogen (secondary N) is 1. The maximum atomic E-state index is 9.59. The van der Waals surface area contributed by atoms with Crippen LogP contribution in [0.4, 0.5) is 5.69 Å². The van der Waals surface area contributed by atoms with Gasteiger partial charge >= 0.3 is 0 Å². The van der Waals surface area contributed by atoms with E-state index in [0.717, 1.165) is 17.0 Å². The first kappa shape index (κ1) is 18.7. The van der Waals surface area contributed by atoms with Crippen LogP contribution in [-0.2, 0) is 0 Å². The maximum Gasteiger partial charge on any atom is 0.231 e. The number of nitrogens with zero attached hydrogens (tertiary/aromatic N) is 2. The van der Waals surface area contributed by atoms with Crippen molar-refractivity contribution in [2.75, 3.05) is 26.3 Å². The average Bonchev–Trinajstić information content (AvgIpc) is 3.43. The summed E-state index contributed by atoms with van der Waals surface area (Å²) in [7, 11) is 3.17. The van der Waals surface area contributed by atoms with Crippen LogP contribution in [0.25, 0.3) is 16.8 Å². The van der Waals surface area contributed by atoms with Crippen molar-refractivity contribution in [1.29, 1.82) is 5.26 Å². The Morgan fingerprint density at radius 2 is 2.03 bits per heavy atom. The number of fused-ring (bicyclic) bond motifs is 1. The van der Waals surface area contributed by atoms with E-state index in [9.17, 15) is 5.26 Å². The first-order chi connectivity index (χ1) is 14.2. The normalized spacial score (nSPS) is 12.4. The maximum absolute atomic E-state index is 9.59. The molecule has 0 amide bonds. The minimum absolute atomic E-state index is 0.225. The van der Waals surface area contributed by atoms with Gasteiger partial charge in [-0.3, -0.25) is 0 Å². The topological polar surface area (TPSA) is 85.6 Å². The minimum atomic E-state index is 0.225. The van der Waals surface area contributed by atoms with Crippen LogP contribution in [0.1, 0.15) is 5.01 Å². The summed E-state index contributed by atoms with van der Waals surface area (Å²) in [5, 5.41) is 15.2. The molecule has 7 nitrogen and oxygen atoms in total. The molecule has 2 aromatic carbocycles. The molecular weight excluding hydrogens is 390 g/mol. The number of nitriles is 1. The van der Waals surface area contributed by atoms with Crippen molar-refractivity contribution in [2.24, 2.45) is 0 Å². The van der Waals surface area contributed by atoms with Crippen molar-refractivity contribution in [2.45, 2.75) is 0 Å². The third kappa shape index (κ3) is 3.81. The molecule has 8 heteroatoms. The van der Waals surface area contributed by atoms with Crippen molar-refractivity contribution in [3.8, 4) is 40.3 Å². The Morgan fingerprint density at radius 1 is 1.17 bits per heavy atom. The lowest BCUT2D eigenvalue weighted by Gasteiger charge is -2.10. The molecule has 0 fully saturated rings. The standard InChI is InChI=1S/C21H17N3O4S/c1-25-15-4-5-16(19(8-15)26-2)23-10-14(9-22)21-24-17(11-29-21)13-3-6-18-20(7-13)28-12-27-18/h3-8,10-11,23H,12H2,1-2H3. The molecule has 0 saturated heterocycles. The summed E-state index contributed by atoms with van der Waals surface area (Å²) in [6, 6.07) is 13.3. The molecule has 0 atom stereocenters. The lowest BCUT2D eigenvalue weighted by atomic mass is 10.1. The fraction of sp³-hybridized carbons (Fsp3) is 0.143. The summed E-state index contributed by atoms with van der Waals surface area (Å²) in [6.45, 7) is 0.225. The molecule has 3 aromatic rings. The van der Waals surface area contributed by atoms with Gasteiger partial charge in [0, 0.05) is 23.2 Å². The van der Waals surface area contributed by atoms with Gasteiger partial charge in [0.25, 0.3) is 0 Å². The number of hydrogen-bond acceptors (Lipinski definition) is 8. The molecule has 146 valence electrons. The van der Waals surface area contributed by atoms with Crippen LogP contribution in [0.15, 0.2) is 48.0 Å². The van der Waals surface area contributed by atoms with E-state index in [4.69, 9.17) is 18.9 Å². The molecule has 29 heavy (non-hydrogen) atoms. The molecule has 0 bridgehead atoms. The highest BCUT2D eigenvalue weighted by molar-refractivity contribution is 7.11. The second kappa shape index (κ2) is 8.12. The molecule has 0 saturated carbocycles. The second-order valence-corrected chi connectivity index (χ2v) is 6.84. The highest BCUT2D eigenvalue weighted by Crippen LogP contribution is 2.36. The van der Waals surface area contributed by atoms with Crippen LogP contribution < -0.4 is 24.3 Å². The quantitative estimate of drug-likeness (QED) is 0.601. The van der Waals surface area contributed by atoms with Crippen LogP contribution >= 0.6 is 11.3 Å². The van der Waals surface area contributed by atoms with Crippen molar-refractivity contribution in [3.63, 3.8) is 0 Å². The molecule has 1 N–H and O–H groups in total. The lowest BCUT2D eigenvalue weighted by molar-refractivity contribution is 0.174. The summed E-state index contributed by atoms with van der Waals surface area (Å²) in [5.74, 6) is 2.71. The summed E-state index contributed by atoms with van der Waals surface area (Å²) in [5.41, 5.74) is 2.80. The first-order valence-corrected chi connectivity index (χ1v) is 9.54. The molecule has 0 radical (unpaired) electrons. The van der Waals surface area contributed by atoms with Gasteiger partial charge < -0.3 is 24.3 Å². The number of rotatable bonds is 6. The van der Waals surface area contributed by atoms with E-state index in [1.54, 1.807) is 26.5 Å². The van der Waals surface area contributed by atoms with Crippen LogP contribution in [-0.4, -0.2) is 26.0 Å². The largest absolute Gasteiger partial charge is 0.497 e. The van der Waals surface area contributed by atoms with Gasteiger partial charge in [-0.25, -0.2) is 4.98 Å². The summed E-state index contributed by atoms with van der Waals surface area (Å²) >= 11 is 1.40. The van der Waals surface area contributed by atoms with E-state index in [1.807, 2.05) is 35.7 Å². The molecule has 0 unspecified atom stereocenters. The first-order valence-electron chi connectivity index (χ1n) is 8.66. The lowest BCUT2D eigenvalue weighted by Crippen LogP contribution is -1.95. The van der Waals surface area contributed by atoms with Crippen LogP contribution in [0.2, 0.25) is 0 Å². The van der Waals surface area contributed by atoms with Gasteiger partial charge in [-0.1, -0.05) is 0 Å². The zero-order valence-electron chi connectivity index (χ0n) is 15.8. The number of allylic oxidation sites excluding steroid dienone is 1. The fourth-order valence-corrected chi connectivity index (χ4v) is 3.59. The number of ether oxygens (including phenoxy) is 4. The van der Waals surface area contributed by atoms with Crippen molar-refractivity contribution in [1.82, 2.24) is 4.98 Å². The zero-order valence-corrected chi connectivity index (χ0v) is 16.6. The molecule has 4 rings (SSSR count). The third-order valence-corrected chi connectivity index (χ3v) is 5.18. The van der Waals surface area contributed by atoms with Gasteiger partial charge in [-0.05, 0) is 30.3 Å². The number of aromatic nitrogens is 1. The minimum Gasteiger partial charge on any atom is -0.497 e. The third-order valence-electron chi connectivity index (χ3n) is 4.30. The second-order valence-electron chi connectivity index (χ2n) is 5.99. The molecular formula is C21H17N3O4S. The molecule has 0 aliphatic carbocycles.